The molecule has 2 aliphatic rings. The van der Waals surface area contributed by atoms with Gasteiger partial charge in [-0.25, -0.2) is 0 Å². The maximum atomic E-state index is 5.55. The molecule has 0 saturated carbocycles. The number of hydrogen-bond donors (Lipinski definition) is 0. The van der Waals surface area contributed by atoms with Gasteiger partial charge in [-0.3, -0.25) is 0 Å². The van der Waals surface area contributed by atoms with E-state index in [-0.39, 0.29) is 0 Å². The van der Waals surface area contributed by atoms with Gasteiger partial charge < -0.3 is 0 Å². The van der Waals surface area contributed by atoms with Gasteiger partial charge in [0.25, 0.3) is 0 Å². The van der Waals surface area contributed by atoms with E-state index in [1.165, 1.54) is 32.8 Å². The fourth-order valence-corrected chi connectivity index (χ4v) is 5.24. The SMILES string of the molecule is C#C/C=C\C(=C/CC1/C=C/C(C=C)=C(/C=C(C)/C(/C=C\CC/C=C\C)=C/C)\C=C/C1)C1=C(SC)C=CCC1. The molecular formula is C37H44S. The fraction of sp³-hybridized carbons (Fsp3) is 0.297. The molecular weight excluding hydrogens is 476 g/mol. The Bertz CT molecular complexity index is 1190. The highest BCUT2D eigenvalue weighted by atomic mass is 32.2. The van der Waals surface area contributed by atoms with Gasteiger partial charge in [-0.15, -0.1) is 18.2 Å². The van der Waals surface area contributed by atoms with Crippen molar-refractivity contribution in [3.8, 4) is 12.3 Å². The van der Waals surface area contributed by atoms with Crippen LogP contribution in [0.2, 0.25) is 0 Å². The Labute approximate surface area is 237 Å². The molecule has 0 fully saturated rings. The zero-order valence-electron chi connectivity index (χ0n) is 23.8. The summed E-state index contributed by atoms with van der Waals surface area (Å²) in [5.41, 5.74) is 7.53. The van der Waals surface area contributed by atoms with Gasteiger partial charge >= 0.3 is 0 Å². The molecule has 0 aromatic carbocycles. The first-order valence-electron chi connectivity index (χ1n) is 13.7. The minimum Gasteiger partial charge on any atom is -0.129 e. The Morgan fingerprint density at radius 2 is 1.92 bits per heavy atom. The molecule has 0 bridgehead atoms. The molecule has 0 amide bonds. The van der Waals surface area contributed by atoms with Crippen molar-refractivity contribution in [2.45, 2.75) is 59.3 Å². The van der Waals surface area contributed by atoms with Crippen LogP contribution in [0.25, 0.3) is 0 Å². The number of terminal acetylenes is 1. The third-order valence-electron chi connectivity index (χ3n) is 6.70. The first-order chi connectivity index (χ1) is 18.6. The molecule has 0 aliphatic heterocycles. The molecule has 0 N–H and O–H groups in total. The van der Waals surface area contributed by atoms with Gasteiger partial charge in [0.2, 0.25) is 0 Å². The highest BCUT2D eigenvalue weighted by Crippen LogP contribution is 2.33. The maximum Gasteiger partial charge on any atom is 0.0104 e. The highest BCUT2D eigenvalue weighted by molar-refractivity contribution is 8.02. The van der Waals surface area contributed by atoms with Gasteiger partial charge in [-0.1, -0.05) is 97.6 Å². The van der Waals surface area contributed by atoms with Crippen LogP contribution in [0.15, 0.2) is 142 Å². The second kappa shape index (κ2) is 18.1. The number of allylic oxidation sites excluding steroid dienone is 22. The van der Waals surface area contributed by atoms with Gasteiger partial charge in [0.05, 0.1) is 0 Å². The summed E-state index contributed by atoms with van der Waals surface area (Å²) in [5.74, 6) is 3.09. The third kappa shape index (κ3) is 10.3. The molecule has 198 valence electrons. The van der Waals surface area contributed by atoms with E-state index in [2.05, 4.69) is 125 Å². The lowest BCUT2D eigenvalue weighted by molar-refractivity contribution is 0.671. The van der Waals surface area contributed by atoms with Crippen molar-refractivity contribution in [2.75, 3.05) is 6.26 Å². The molecule has 0 nitrogen and oxygen atoms in total. The summed E-state index contributed by atoms with van der Waals surface area (Å²) in [6, 6.07) is 0. The summed E-state index contributed by atoms with van der Waals surface area (Å²) in [7, 11) is 0. The Morgan fingerprint density at radius 3 is 2.63 bits per heavy atom. The Kier molecular flexibility index (Phi) is 14.8. The van der Waals surface area contributed by atoms with Gasteiger partial charge in [-0.2, -0.15) is 0 Å². The fourth-order valence-electron chi connectivity index (χ4n) is 4.54. The molecule has 1 unspecified atom stereocenters. The Morgan fingerprint density at radius 1 is 1.11 bits per heavy atom. The second-order valence-corrected chi connectivity index (χ2v) is 10.2. The van der Waals surface area contributed by atoms with Crippen molar-refractivity contribution in [1.82, 2.24) is 0 Å². The van der Waals surface area contributed by atoms with E-state index in [1.54, 1.807) is 0 Å². The molecule has 0 saturated heterocycles. The van der Waals surface area contributed by atoms with Crippen molar-refractivity contribution >= 4 is 11.8 Å². The predicted molar refractivity (Wildman–Crippen MR) is 174 cm³/mol. The number of thioether (sulfide) groups is 1. The molecule has 0 aromatic rings. The van der Waals surface area contributed by atoms with E-state index in [1.807, 2.05) is 23.9 Å². The monoisotopic (exact) mass is 520 g/mol. The van der Waals surface area contributed by atoms with Crippen LogP contribution in [0.4, 0.5) is 0 Å². The Hall–Kier alpha value is -3.21. The smallest absolute Gasteiger partial charge is 0.0104 e. The van der Waals surface area contributed by atoms with Crippen LogP contribution in [-0.4, -0.2) is 6.26 Å². The van der Waals surface area contributed by atoms with Gasteiger partial charge in [-0.05, 0) is 117 Å². The van der Waals surface area contributed by atoms with Gasteiger partial charge in [0, 0.05) is 4.91 Å². The van der Waals surface area contributed by atoms with Gasteiger partial charge in [0.15, 0.2) is 0 Å². The number of rotatable bonds is 12. The average Bonchev–Trinajstić information content (AvgIpc) is 2.93. The molecule has 2 aliphatic carbocycles. The average molecular weight is 521 g/mol. The van der Waals surface area contributed by atoms with E-state index in [0.717, 1.165) is 44.1 Å². The standard InChI is InChI=1S/C37H44S/c1-7-11-13-14-15-21-32(9-3)30(5)29-35-22-18-19-31(25-27-33(35)10-4)26-28-34(20-12-8-2)36-23-16-17-24-37(36)38-6/h2,7,9-12,15,17-18,20-22,24-25,27-29,31H,4,13-14,16,19,23,26H2,1,3,5-6H3/b11-7-,20-12-,21-15-,22-18-,27-25+,30-29+,32-9+,34-28+,35-33+. The largest absolute Gasteiger partial charge is 0.129 e. The molecule has 2 rings (SSSR count). The van der Waals surface area contributed by atoms with Crippen LogP contribution in [0.1, 0.15) is 59.3 Å². The van der Waals surface area contributed by atoms with E-state index in [9.17, 15) is 0 Å². The lowest BCUT2D eigenvalue weighted by Gasteiger charge is -2.17. The van der Waals surface area contributed by atoms with Crippen molar-refractivity contribution < 1.29 is 0 Å². The van der Waals surface area contributed by atoms with Crippen molar-refractivity contribution in [1.29, 1.82) is 0 Å². The molecule has 1 heteroatoms. The van der Waals surface area contributed by atoms with Crippen LogP contribution >= 0.6 is 11.8 Å². The number of unbranched alkanes of at least 4 members (excludes halogenated alkanes) is 1. The van der Waals surface area contributed by atoms with Crippen LogP contribution in [0, 0.1) is 18.3 Å². The maximum absolute atomic E-state index is 5.55. The minimum absolute atomic E-state index is 0.422. The molecule has 0 radical (unpaired) electrons. The summed E-state index contributed by atoms with van der Waals surface area (Å²) >= 11 is 1.81. The van der Waals surface area contributed by atoms with Crippen LogP contribution in [-0.2, 0) is 0 Å². The normalized spacial score (nSPS) is 23.2. The first kappa shape index (κ1) is 31.0. The van der Waals surface area contributed by atoms with E-state index < -0.39 is 0 Å². The van der Waals surface area contributed by atoms with Gasteiger partial charge in [0.1, 0.15) is 0 Å². The van der Waals surface area contributed by atoms with E-state index in [4.69, 9.17) is 6.42 Å². The lowest BCUT2D eigenvalue weighted by Crippen LogP contribution is -1.99. The quantitative estimate of drug-likeness (QED) is 0.107. The molecule has 38 heavy (non-hydrogen) atoms. The predicted octanol–water partition coefficient (Wildman–Crippen LogP) is 10.9. The topological polar surface area (TPSA) is 0 Å². The summed E-state index contributed by atoms with van der Waals surface area (Å²) in [6.45, 7) is 10.5. The van der Waals surface area contributed by atoms with Crippen molar-refractivity contribution in [3.63, 3.8) is 0 Å². The summed E-state index contributed by atoms with van der Waals surface area (Å²) in [5, 5.41) is 0. The van der Waals surface area contributed by atoms with Crippen LogP contribution < -0.4 is 0 Å². The molecule has 1 atom stereocenters. The van der Waals surface area contributed by atoms with Crippen LogP contribution in [0.3, 0.4) is 0 Å². The first-order valence-corrected chi connectivity index (χ1v) is 14.9. The molecule has 0 aromatic heterocycles. The van der Waals surface area contributed by atoms with Crippen molar-refractivity contribution in [2.24, 2.45) is 5.92 Å². The number of hydrogen-bond acceptors (Lipinski definition) is 1. The van der Waals surface area contributed by atoms with Crippen molar-refractivity contribution in [3.05, 3.63) is 142 Å². The zero-order valence-corrected chi connectivity index (χ0v) is 24.6. The van der Waals surface area contributed by atoms with E-state index in [0.29, 0.717) is 5.92 Å². The second-order valence-electron chi connectivity index (χ2n) is 9.38. The minimum atomic E-state index is 0.422. The summed E-state index contributed by atoms with van der Waals surface area (Å²) in [6.07, 6.45) is 49.1. The summed E-state index contributed by atoms with van der Waals surface area (Å²) < 4.78 is 0. The lowest BCUT2D eigenvalue weighted by atomic mass is 9.90. The highest BCUT2D eigenvalue weighted by Gasteiger charge is 2.12. The molecule has 0 heterocycles. The third-order valence-corrected chi connectivity index (χ3v) is 7.53. The molecule has 0 spiro atoms. The summed E-state index contributed by atoms with van der Waals surface area (Å²) in [4.78, 5) is 1.34. The van der Waals surface area contributed by atoms with E-state index >= 15 is 0 Å². The Balaban J connectivity index is 2.26. The zero-order chi connectivity index (χ0) is 27.6. The van der Waals surface area contributed by atoms with Crippen LogP contribution in [0.5, 0.6) is 0 Å².